The standard InChI is InChI=1S/C20H15N5O2S/c26-20(27-17-7-11-28-13-17)24-16-3-1-2-15(12-16)23-19-22-10-6-18(25-19)14-4-8-21-9-5-14/h1-13H,(H,24,26)(H,22,23,25). The number of nitrogens with zero attached hydrogens (tertiary/aromatic N) is 3. The van der Waals surface area contributed by atoms with Crippen LogP contribution < -0.4 is 15.4 Å². The summed E-state index contributed by atoms with van der Waals surface area (Å²) in [5.41, 5.74) is 3.07. The minimum absolute atomic E-state index is 0.451. The summed E-state index contributed by atoms with van der Waals surface area (Å²) >= 11 is 1.46. The number of hydrogen-bond donors (Lipinski definition) is 2. The first-order valence-corrected chi connectivity index (χ1v) is 9.32. The molecule has 0 saturated heterocycles. The van der Waals surface area contributed by atoms with Gasteiger partial charge in [0.2, 0.25) is 5.95 Å². The topological polar surface area (TPSA) is 89.0 Å². The number of nitrogens with one attached hydrogen (secondary N) is 2. The van der Waals surface area contributed by atoms with Gasteiger partial charge in [-0.3, -0.25) is 10.3 Å². The molecule has 1 amide bonds. The van der Waals surface area contributed by atoms with Gasteiger partial charge in [-0.15, -0.1) is 11.3 Å². The van der Waals surface area contributed by atoms with Crippen LogP contribution in [0, 0.1) is 0 Å². The molecule has 2 N–H and O–H groups in total. The Morgan fingerprint density at radius 1 is 1.00 bits per heavy atom. The lowest BCUT2D eigenvalue weighted by Crippen LogP contribution is -2.16. The summed E-state index contributed by atoms with van der Waals surface area (Å²) in [6, 6.07) is 14.6. The minimum atomic E-state index is -0.550. The van der Waals surface area contributed by atoms with E-state index in [4.69, 9.17) is 4.74 Å². The second-order valence-electron chi connectivity index (χ2n) is 5.68. The van der Waals surface area contributed by atoms with Crippen LogP contribution in [0.15, 0.2) is 77.9 Å². The molecule has 3 heterocycles. The van der Waals surface area contributed by atoms with Crippen molar-refractivity contribution in [3.63, 3.8) is 0 Å². The SMILES string of the molecule is O=C(Nc1cccc(Nc2nccc(-c3ccncc3)n2)c1)Oc1ccsc1. The summed E-state index contributed by atoms with van der Waals surface area (Å²) in [7, 11) is 0. The molecule has 0 bridgehead atoms. The second kappa shape index (κ2) is 8.28. The molecule has 138 valence electrons. The lowest BCUT2D eigenvalue weighted by Gasteiger charge is -2.09. The zero-order valence-electron chi connectivity index (χ0n) is 14.6. The maximum Gasteiger partial charge on any atom is 0.417 e. The highest BCUT2D eigenvalue weighted by molar-refractivity contribution is 7.08. The summed E-state index contributed by atoms with van der Waals surface area (Å²) in [4.78, 5) is 24.8. The van der Waals surface area contributed by atoms with E-state index in [1.54, 1.807) is 42.2 Å². The molecule has 0 radical (unpaired) electrons. The third kappa shape index (κ3) is 4.49. The van der Waals surface area contributed by atoms with Gasteiger partial charge in [0.15, 0.2) is 0 Å². The number of pyridine rings is 1. The zero-order chi connectivity index (χ0) is 19.2. The van der Waals surface area contributed by atoms with Crippen molar-refractivity contribution in [3.8, 4) is 17.0 Å². The van der Waals surface area contributed by atoms with Gasteiger partial charge >= 0.3 is 6.09 Å². The van der Waals surface area contributed by atoms with Crippen LogP contribution >= 0.6 is 11.3 Å². The van der Waals surface area contributed by atoms with Gasteiger partial charge in [-0.2, -0.15) is 0 Å². The van der Waals surface area contributed by atoms with Gasteiger partial charge in [-0.25, -0.2) is 14.8 Å². The molecule has 4 aromatic rings. The van der Waals surface area contributed by atoms with Crippen molar-refractivity contribution in [3.05, 3.63) is 77.9 Å². The van der Waals surface area contributed by atoms with Crippen molar-refractivity contribution in [2.24, 2.45) is 0 Å². The number of hydrogen-bond acceptors (Lipinski definition) is 7. The number of aromatic nitrogens is 3. The molecule has 28 heavy (non-hydrogen) atoms. The van der Waals surface area contributed by atoms with Gasteiger partial charge < -0.3 is 10.1 Å². The van der Waals surface area contributed by atoms with Crippen LogP contribution in [0.3, 0.4) is 0 Å². The molecule has 0 aliphatic rings. The number of anilines is 3. The molecule has 0 aliphatic carbocycles. The van der Waals surface area contributed by atoms with E-state index in [2.05, 4.69) is 25.6 Å². The van der Waals surface area contributed by atoms with E-state index in [-0.39, 0.29) is 0 Å². The third-order valence-corrected chi connectivity index (χ3v) is 4.36. The molecule has 0 atom stereocenters. The Kier molecular flexibility index (Phi) is 5.21. The fourth-order valence-electron chi connectivity index (χ4n) is 2.47. The van der Waals surface area contributed by atoms with E-state index < -0.39 is 6.09 Å². The molecule has 3 aromatic heterocycles. The van der Waals surface area contributed by atoms with Crippen molar-refractivity contribution < 1.29 is 9.53 Å². The fourth-order valence-corrected chi connectivity index (χ4v) is 3.02. The first-order valence-electron chi connectivity index (χ1n) is 8.38. The number of rotatable bonds is 5. The molecular formula is C20H15N5O2S. The summed E-state index contributed by atoms with van der Waals surface area (Å²) in [6.07, 6.45) is 4.57. The van der Waals surface area contributed by atoms with Crippen LogP contribution in [0.5, 0.6) is 5.75 Å². The van der Waals surface area contributed by atoms with E-state index in [1.165, 1.54) is 11.3 Å². The maximum atomic E-state index is 12.0. The molecule has 0 unspecified atom stereocenters. The molecular weight excluding hydrogens is 374 g/mol. The van der Waals surface area contributed by atoms with Crippen LogP contribution in [0.1, 0.15) is 0 Å². The number of carbonyl (C=O) groups is 1. The number of ether oxygens (including phenoxy) is 1. The van der Waals surface area contributed by atoms with Crippen LogP contribution in [-0.4, -0.2) is 21.0 Å². The molecule has 0 aliphatic heterocycles. The maximum absolute atomic E-state index is 12.0. The molecule has 4 rings (SSSR count). The highest BCUT2D eigenvalue weighted by atomic mass is 32.1. The van der Waals surface area contributed by atoms with E-state index in [9.17, 15) is 4.79 Å². The van der Waals surface area contributed by atoms with Crippen molar-refractivity contribution in [1.82, 2.24) is 15.0 Å². The highest BCUT2D eigenvalue weighted by Gasteiger charge is 2.07. The molecule has 7 nitrogen and oxygen atoms in total. The van der Waals surface area contributed by atoms with Gasteiger partial charge in [0.05, 0.1) is 5.69 Å². The average Bonchev–Trinajstić information content (AvgIpc) is 3.22. The number of thiophene rings is 1. The monoisotopic (exact) mass is 389 g/mol. The van der Waals surface area contributed by atoms with E-state index in [0.717, 1.165) is 16.9 Å². The van der Waals surface area contributed by atoms with Gasteiger partial charge in [0.1, 0.15) is 5.75 Å². The largest absolute Gasteiger partial charge is 0.417 e. The predicted molar refractivity (Wildman–Crippen MR) is 109 cm³/mol. The molecule has 8 heteroatoms. The highest BCUT2D eigenvalue weighted by Crippen LogP contribution is 2.21. The van der Waals surface area contributed by atoms with Crippen LogP contribution in [0.2, 0.25) is 0 Å². The molecule has 0 saturated carbocycles. The van der Waals surface area contributed by atoms with E-state index >= 15 is 0 Å². The van der Waals surface area contributed by atoms with Gasteiger partial charge in [-0.1, -0.05) is 6.07 Å². The van der Waals surface area contributed by atoms with E-state index in [0.29, 0.717) is 17.4 Å². The number of amides is 1. The second-order valence-corrected chi connectivity index (χ2v) is 6.46. The average molecular weight is 389 g/mol. The number of benzene rings is 1. The predicted octanol–water partition coefficient (Wildman–Crippen LogP) is 4.95. The molecule has 0 spiro atoms. The summed E-state index contributed by atoms with van der Waals surface area (Å²) in [6.45, 7) is 0. The van der Waals surface area contributed by atoms with Crippen LogP contribution in [-0.2, 0) is 0 Å². The normalized spacial score (nSPS) is 10.3. The summed E-state index contributed by atoms with van der Waals surface area (Å²) < 4.78 is 5.19. The summed E-state index contributed by atoms with van der Waals surface area (Å²) in [5, 5.41) is 9.44. The van der Waals surface area contributed by atoms with Gasteiger partial charge in [0, 0.05) is 40.9 Å². The van der Waals surface area contributed by atoms with Crippen molar-refractivity contribution in [2.75, 3.05) is 10.6 Å². The Morgan fingerprint density at radius 3 is 2.68 bits per heavy atom. The number of carbonyl (C=O) groups excluding carboxylic acids is 1. The fraction of sp³-hybridized carbons (Fsp3) is 0. The first-order chi connectivity index (χ1) is 13.8. The Balaban J connectivity index is 1.46. The quantitative estimate of drug-likeness (QED) is 0.502. The van der Waals surface area contributed by atoms with Crippen LogP contribution in [0.4, 0.5) is 22.1 Å². The summed E-state index contributed by atoms with van der Waals surface area (Å²) in [5.74, 6) is 0.963. The van der Waals surface area contributed by atoms with Crippen LogP contribution in [0.25, 0.3) is 11.3 Å². The Labute approximate surface area is 165 Å². The molecule has 1 aromatic carbocycles. The minimum Gasteiger partial charge on any atom is -0.409 e. The lowest BCUT2D eigenvalue weighted by atomic mass is 10.2. The third-order valence-electron chi connectivity index (χ3n) is 3.70. The van der Waals surface area contributed by atoms with Crippen molar-refractivity contribution in [1.29, 1.82) is 0 Å². The lowest BCUT2D eigenvalue weighted by molar-refractivity contribution is 0.215. The first kappa shape index (κ1) is 17.6. The smallest absolute Gasteiger partial charge is 0.409 e. The zero-order valence-corrected chi connectivity index (χ0v) is 15.4. The Bertz CT molecular complexity index is 1070. The Hall–Kier alpha value is -3.78. The van der Waals surface area contributed by atoms with Gasteiger partial charge in [-0.05, 0) is 47.8 Å². The van der Waals surface area contributed by atoms with E-state index in [1.807, 2.05) is 35.7 Å². The Morgan fingerprint density at radius 2 is 1.86 bits per heavy atom. The van der Waals surface area contributed by atoms with Crippen molar-refractivity contribution >= 4 is 34.8 Å². The van der Waals surface area contributed by atoms with Gasteiger partial charge in [0.25, 0.3) is 0 Å². The van der Waals surface area contributed by atoms with Crippen molar-refractivity contribution in [2.45, 2.75) is 0 Å². The molecule has 0 fully saturated rings.